The van der Waals surface area contributed by atoms with Crippen LogP contribution in [0, 0.1) is 13.8 Å². The van der Waals surface area contributed by atoms with Crippen molar-refractivity contribution in [3.8, 4) is 5.88 Å². The Morgan fingerprint density at radius 1 is 1.35 bits per heavy atom. The van der Waals surface area contributed by atoms with Gasteiger partial charge >= 0.3 is 0 Å². The van der Waals surface area contributed by atoms with Crippen LogP contribution in [0.4, 0.5) is 5.13 Å². The third-order valence-corrected chi connectivity index (χ3v) is 4.69. The van der Waals surface area contributed by atoms with Gasteiger partial charge in [0.15, 0.2) is 5.13 Å². The first-order valence-corrected chi connectivity index (χ1v) is 8.39. The lowest BCUT2D eigenvalue weighted by molar-refractivity contribution is 0.0237. The van der Waals surface area contributed by atoms with Crippen molar-refractivity contribution in [3.05, 3.63) is 34.5 Å². The average molecular weight is 333 g/mol. The van der Waals surface area contributed by atoms with E-state index in [0.717, 1.165) is 36.6 Å². The minimum atomic E-state index is -0.219. The molecule has 6 nitrogen and oxygen atoms in total. The number of carbonyl (C=O) groups is 1. The van der Waals surface area contributed by atoms with Crippen LogP contribution in [0.1, 0.15) is 33.8 Å². The number of aromatic nitrogens is 2. The zero-order valence-electron chi connectivity index (χ0n) is 13.2. The highest BCUT2D eigenvalue weighted by Gasteiger charge is 2.16. The van der Waals surface area contributed by atoms with E-state index in [1.54, 1.807) is 12.1 Å². The lowest BCUT2D eigenvalue weighted by Gasteiger charge is -2.22. The molecule has 2 aromatic heterocycles. The molecule has 1 saturated heterocycles. The maximum absolute atomic E-state index is 12.2. The number of aryl methyl sites for hydroxylation is 2. The Hall–Kier alpha value is -1.99. The Morgan fingerprint density at radius 2 is 2.13 bits per heavy atom. The molecule has 7 heteroatoms. The largest absolute Gasteiger partial charge is 0.474 e. The minimum Gasteiger partial charge on any atom is -0.474 e. The van der Waals surface area contributed by atoms with Gasteiger partial charge in [-0.3, -0.25) is 10.1 Å². The number of nitrogens with zero attached hydrogens (tertiary/aromatic N) is 2. The number of hydrogen-bond donors (Lipinski definition) is 1. The molecular weight excluding hydrogens is 314 g/mol. The van der Waals surface area contributed by atoms with Crippen LogP contribution < -0.4 is 10.1 Å². The Labute approximate surface area is 138 Å². The van der Waals surface area contributed by atoms with Gasteiger partial charge in [-0.2, -0.15) is 0 Å². The SMILES string of the molecule is Cc1nc(NC(=O)c2ccc(OC3CCOCC3)nc2)sc1C. The summed E-state index contributed by atoms with van der Waals surface area (Å²) in [4.78, 5) is 21.8. The summed E-state index contributed by atoms with van der Waals surface area (Å²) < 4.78 is 11.1. The number of thiazole rings is 1. The van der Waals surface area contributed by atoms with Gasteiger partial charge in [-0.25, -0.2) is 9.97 Å². The van der Waals surface area contributed by atoms with Crippen LogP contribution in [0.2, 0.25) is 0 Å². The highest BCUT2D eigenvalue weighted by molar-refractivity contribution is 7.15. The zero-order valence-corrected chi connectivity index (χ0v) is 14.0. The van der Waals surface area contributed by atoms with Crippen LogP contribution >= 0.6 is 11.3 Å². The third kappa shape index (κ3) is 4.05. The average Bonchev–Trinajstić information content (AvgIpc) is 2.87. The minimum absolute atomic E-state index is 0.136. The van der Waals surface area contributed by atoms with Crippen molar-refractivity contribution >= 4 is 22.4 Å². The van der Waals surface area contributed by atoms with Crippen molar-refractivity contribution in [2.24, 2.45) is 0 Å². The number of pyridine rings is 1. The lowest BCUT2D eigenvalue weighted by Crippen LogP contribution is -2.26. The molecule has 23 heavy (non-hydrogen) atoms. The molecule has 3 heterocycles. The fraction of sp³-hybridized carbons (Fsp3) is 0.438. The van der Waals surface area contributed by atoms with Gasteiger partial charge in [-0.1, -0.05) is 0 Å². The summed E-state index contributed by atoms with van der Waals surface area (Å²) in [5.41, 5.74) is 1.42. The molecule has 0 aromatic carbocycles. The number of ether oxygens (including phenoxy) is 2. The van der Waals surface area contributed by atoms with Crippen LogP contribution in [0.25, 0.3) is 0 Å². The van der Waals surface area contributed by atoms with Crippen molar-refractivity contribution in [1.29, 1.82) is 0 Å². The Kier molecular flexibility index (Phi) is 4.88. The Bertz CT molecular complexity index is 659. The van der Waals surface area contributed by atoms with E-state index in [2.05, 4.69) is 15.3 Å². The van der Waals surface area contributed by atoms with Crippen molar-refractivity contribution in [2.45, 2.75) is 32.8 Å². The van der Waals surface area contributed by atoms with Crippen LogP contribution in [-0.2, 0) is 4.74 Å². The predicted octanol–water partition coefficient (Wildman–Crippen LogP) is 2.97. The fourth-order valence-electron chi connectivity index (χ4n) is 2.24. The zero-order chi connectivity index (χ0) is 16.2. The summed E-state index contributed by atoms with van der Waals surface area (Å²) >= 11 is 1.46. The summed E-state index contributed by atoms with van der Waals surface area (Å²) in [5.74, 6) is 0.318. The number of amides is 1. The summed E-state index contributed by atoms with van der Waals surface area (Å²) in [6, 6.07) is 3.44. The molecule has 0 spiro atoms. The maximum Gasteiger partial charge on any atom is 0.259 e. The third-order valence-electron chi connectivity index (χ3n) is 3.70. The van der Waals surface area contributed by atoms with E-state index in [4.69, 9.17) is 9.47 Å². The van der Waals surface area contributed by atoms with Crippen LogP contribution in [0.3, 0.4) is 0 Å². The van der Waals surface area contributed by atoms with Crippen LogP contribution in [0.15, 0.2) is 18.3 Å². The Morgan fingerprint density at radius 3 is 2.74 bits per heavy atom. The molecule has 1 amide bonds. The molecule has 0 unspecified atom stereocenters. The highest BCUT2D eigenvalue weighted by Crippen LogP contribution is 2.22. The lowest BCUT2D eigenvalue weighted by atomic mass is 10.1. The normalized spacial score (nSPS) is 15.4. The second-order valence-electron chi connectivity index (χ2n) is 5.43. The summed E-state index contributed by atoms with van der Waals surface area (Å²) in [6.45, 7) is 5.34. The molecule has 0 saturated carbocycles. The van der Waals surface area contributed by atoms with E-state index >= 15 is 0 Å². The molecular formula is C16H19N3O3S. The van der Waals surface area contributed by atoms with E-state index in [1.165, 1.54) is 17.5 Å². The molecule has 0 aliphatic carbocycles. The summed E-state index contributed by atoms with van der Waals surface area (Å²) in [6.07, 6.45) is 3.40. The molecule has 1 aliphatic rings. The van der Waals surface area contributed by atoms with E-state index in [0.29, 0.717) is 16.6 Å². The standard InChI is InChI=1S/C16H19N3O3S/c1-10-11(2)23-16(18-10)19-15(20)12-3-4-14(17-9-12)22-13-5-7-21-8-6-13/h3-4,9,13H,5-8H2,1-2H3,(H,18,19,20). The fourth-order valence-corrected chi connectivity index (χ4v) is 3.05. The first kappa shape index (κ1) is 15.9. The van der Waals surface area contributed by atoms with E-state index < -0.39 is 0 Å². The molecule has 3 rings (SSSR count). The van der Waals surface area contributed by atoms with Crippen molar-refractivity contribution < 1.29 is 14.3 Å². The monoisotopic (exact) mass is 333 g/mol. The molecule has 1 aliphatic heterocycles. The van der Waals surface area contributed by atoms with E-state index in [1.807, 2.05) is 13.8 Å². The van der Waals surface area contributed by atoms with E-state index in [-0.39, 0.29) is 12.0 Å². The highest BCUT2D eigenvalue weighted by atomic mass is 32.1. The van der Waals surface area contributed by atoms with Gasteiger partial charge in [0.25, 0.3) is 5.91 Å². The summed E-state index contributed by atoms with van der Waals surface area (Å²) in [7, 11) is 0. The van der Waals surface area contributed by atoms with Gasteiger partial charge in [0.2, 0.25) is 5.88 Å². The van der Waals surface area contributed by atoms with Gasteiger partial charge in [-0.15, -0.1) is 11.3 Å². The molecule has 1 N–H and O–H groups in total. The van der Waals surface area contributed by atoms with Gasteiger partial charge < -0.3 is 9.47 Å². The van der Waals surface area contributed by atoms with Crippen LogP contribution in [-0.4, -0.2) is 35.2 Å². The first-order chi connectivity index (χ1) is 11.1. The van der Waals surface area contributed by atoms with E-state index in [9.17, 15) is 4.79 Å². The number of anilines is 1. The topological polar surface area (TPSA) is 73.3 Å². The second-order valence-corrected chi connectivity index (χ2v) is 6.63. The van der Waals surface area contributed by atoms with Crippen molar-refractivity contribution in [1.82, 2.24) is 9.97 Å². The second kappa shape index (κ2) is 7.06. The number of hydrogen-bond acceptors (Lipinski definition) is 6. The van der Waals surface area contributed by atoms with Gasteiger partial charge in [-0.05, 0) is 19.9 Å². The smallest absolute Gasteiger partial charge is 0.259 e. The number of rotatable bonds is 4. The molecule has 0 atom stereocenters. The number of nitrogens with one attached hydrogen (secondary N) is 1. The maximum atomic E-state index is 12.2. The van der Waals surface area contributed by atoms with Crippen LogP contribution in [0.5, 0.6) is 5.88 Å². The molecule has 2 aromatic rings. The summed E-state index contributed by atoms with van der Waals surface area (Å²) in [5, 5.41) is 3.40. The molecule has 122 valence electrons. The number of carbonyl (C=O) groups excluding carboxylic acids is 1. The van der Waals surface area contributed by atoms with Crippen molar-refractivity contribution in [3.63, 3.8) is 0 Å². The van der Waals surface area contributed by atoms with Gasteiger partial charge in [0.05, 0.1) is 24.5 Å². The Balaban J connectivity index is 1.60. The molecule has 0 radical (unpaired) electrons. The predicted molar refractivity (Wildman–Crippen MR) is 88.2 cm³/mol. The van der Waals surface area contributed by atoms with Gasteiger partial charge in [0.1, 0.15) is 6.10 Å². The quantitative estimate of drug-likeness (QED) is 0.931. The first-order valence-electron chi connectivity index (χ1n) is 7.57. The van der Waals surface area contributed by atoms with Gasteiger partial charge in [0, 0.05) is 30.0 Å². The molecule has 0 bridgehead atoms. The van der Waals surface area contributed by atoms with Crippen molar-refractivity contribution in [2.75, 3.05) is 18.5 Å². The molecule has 1 fully saturated rings.